The topological polar surface area (TPSA) is 78.9 Å². The van der Waals surface area contributed by atoms with Crippen LogP contribution in [0.3, 0.4) is 0 Å². The number of hydrogen-bond acceptors (Lipinski definition) is 5. The van der Waals surface area contributed by atoms with Crippen LogP contribution >= 0.6 is 0 Å². The van der Waals surface area contributed by atoms with Crippen molar-refractivity contribution in [2.24, 2.45) is 0 Å². The molecule has 6 nitrogen and oxygen atoms in total. The number of anilines is 1. The summed E-state index contributed by atoms with van der Waals surface area (Å²) < 4.78 is 5.08. The second kappa shape index (κ2) is 6.19. The third kappa shape index (κ3) is 3.69. The number of phenolic OH excluding ortho intramolecular Hbond substituents is 1. The van der Waals surface area contributed by atoms with E-state index in [1.807, 2.05) is 0 Å². The van der Waals surface area contributed by atoms with Crippen molar-refractivity contribution in [1.29, 1.82) is 0 Å². The van der Waals surface area contributed by atoms with Crippen LogP contribution < -0.4 is 10.1 Å². The van der Waals surface area contributed by atoms with E-state index in [9.17, 15) is 14.7 Å². The van der Waals surface area contributed by atoms with Crippen LogP contribution in [0, 0.1) is 0 Å². The number of likely N-dealkylation sites (N-methyl/N-ethyl adjacent to an activating group) is 1. The van der Waals surface area contributed by atoms with Crippen molar-refractivity contribution in [2.45, 2.75) is 6.92 Å². The van der Waals surface area contributed by atoms with Crippen LogP contribution in [0.5, 0.6) is 11.5 Å². The zero-order valence-electron chi connectivity index (χ0n) is 11.5. The van der Waals surface area contributed by atoms with Crippen molar-refractivity contribution in [1.82, 2.24) is 4.90 Å². The Balaban J connectivity index is 3.25. The van der Waals surface area contributed by atoms with E-state index in [1.165, 1.54) is 26.2 Å². The van der Waals surface area contributed by atoms with E-state index in [-0.39, 0.29) is 41.0 Å². The molecule has 0 saturated heterocycles. The van der Waals surface area contributed by atoms with Gasteiger partial charge < -0.3 is 20.1 Å². The Hall–Kier alpha value is -2.08. The molecule has 1 aromatic rings. The Bertz CT molecular complexity index is 498. The second-order valence-corrected chi connectivity index (χ2v) is 4.38. The Morgan fingerprint density at radius 3 is 2.47 bits per heavy atom. The lowest BCUT2D eigenvalue weighted by molar-refractivity contribution is -0.114. The fourth-order valence-corrected chi connectivity index (χ4v) is 1.67. The molecular weight excluding hydrogens is 248 g/mol. The fraction of sp³-hybridized carbons (Fsp3) is 0.385. The van der Waals surface area contributed by atoms with Crippen LogP contribution in [0.1, 0.15) is 17.3 Å². The first-order chi connectivity index (χ1) is 8.86. The lowest BCUT2D eigenvalue weighted by atomic mass is 10.1. The minimum atomic E-state index is -0.327. The predicted molar refractivity (Wildman–Crippen MR) is 71.8 cm³/mol. The average Bonchev–Trinajstić information content (AvgIpc) is 2.29. The van der Waals surface area contributed by atoms with Crippen LogP contribution in [0.4, 0.5) is 5.69 Å². The minimum Gasteiger partial charge on any atom is -0.505 e. The number of ether oxygens (including phenoxy) is 1. The number of nitrogens with zero attached hydrogens (tertiary/aromatic N) is 1. The number of ketones is 1. The van der Waals surface area contributed by atoms with Gasteiger partial charge in [-0.05, 0) is 26.2 Å². The Kier molecular flexibility index (Phi) is 4.88. The molecule has 1 aromatic carbocycles. The van der Waals surface area contributed by atoms with Crippen molar-refractivity contribution in [3.63, 3.8) is 0 Å². The first kappa shape index (κ1) is 15.0. The largest absolute Gasteiger partial charge is 0.505 e. The summed E-state index contributed by atoms with van der Waals surface area (Å²) in [5.74, 6) is -0.613. The highest BCUT2D eigenvalue weighted by molar-refractivity contribution is 6.05. The zero-order chi connectivity index (χ0) is 14.6. The molecule has 0 bridgehead atoms. The van der Waals surface area contributed by atoms with Gasteiger partial charge in [-0.15, -0.1) is 0 Å². The molecule has 0 aromatic heterocycles. The molecular formula is C13H18N2O4. The van der Waals surface area contributed by atoms with Crippen LogP contribution in [0.25, 0.3) is 0 Å². The van der Waals surface area contributed by atoms with Crippen molar-refractivity contribution >= 4 is 17.4 Å². The molecule has 0 atom stereocenters. The van der Waals surface area contributed by atoms with Gasteiger partial charge in [-0.3, -0.25) is 9.59 Å². The molecule has 104 valence electrons. The fourth-order valence-electron chi connectivity index (χ4n) is 1.67. The van der Waals surface area contributed by atoms with Crippen LogP contribution in [0.15, 0.2) is 12.1 Å². The molecule has 0 aliphatic heterocycles. The normalized spacial score (nSPS) is 10.4. The van der Waals surface area contributed by atoms with E-state index in [4.69, 9.17) is 4.74 Å². The van der Waals surface area contributed by atoms with E-state index < -0.39 is 0 Å². The summed E-state index contributed by atoms with van der Waals surface area (Å²) in [5.41, 5.74) is 0.262. The highest BCUT2D eigenvalue weighted by Gasteiger charge is 2.21. The molecule has 0 radical (unpaired) electrons. The lowest BCUT2D eigenvalue weighted by Crippen LogP contribution is -2.22. The van der Waals surface area contributed by atoms with Gasteiger partial charge in [-0.1, -0.05) is 0 Å². The molecule has 0 unspecified atom stereocenters. The van der Waals surface area contributed by atoms with Gasteiger partial charge in [0.2, 0.25) is 5.91 Å². The first-order valence-corrected chi connectivity index (χ1v) is 5.72. The molecule has 0 heterocycles. The molecule has 0 saturated carbocycles. The zero-order valence-corrected chi connectivity index (χ0v) is 11.5. The van der Waals surface area contributed by atoms with Crippen LogP contribution in [0.2, 0.25) is 0 Å². The number of carbonyl (C=O) groups excluding carboxylic acids is 2. The summed E-state index contributed by atoms with van der Waals surface area (Å²) in [4.78, 5) is 24.8. The Labute approximate surface area is 112 Å². The van der Waals surface area contributed by atoms with Gasteiger partial charge in [0.1, 0.15) is 11.3 Å². The maximum atomic E-state index is 12.1. The van der Waals surface area contributed by atoms with Crippen molar-refractivity contribution in [3.8, 4) is 11.5 Å². The van der Waals surface area contributed by atoms with Gasteiger partial charge in [0, 0.05) is 6.92 Å². The summed E-state index contributed by atoms with van der Waals surface area (Å²) in [6.45, 7) is 1.46. The molecule has 19 heavy (non-hydrogen) atoms. The summed E-state index contributed by atoms with van der Waals surface area (Å²) in [6, 6.07) is 3.02. The maximum Gasteiger partial charge on any atom is 0.221 e. The van der Waals surface area contributed by atoms with Crippen LogP contribution in [-0.2, 0) is 4.79 Å². The monoisotopic (exact) mass is 266 g/mol. The van der Waals surface area contributed by atoms with Crippen molar-refractivity contribution < 1.29 is 19.4 Å². The number of nitrogens with one attached hydrogen (secondary N) is 1. The van der Waals surface area contributed by atoms with Crippen LogP contribution in [-0.4, -0.2) is 49.4 Å². The number of phenols is 1. The van der Waals surface area contributed by atoms with Gasteiger partial charge in [-0.25, -0.2) is 0 Å². The summed E-state index contributed by atoms with van der Waals surface area (Å²) in [5, 5.41) is 12.6. The summed E-state index contributed by atoms with van der Waals surface area (Å²) >= 11 is 0. The minimum absolute atomic E-state index is 0.0717. The number of amides is 1. The summed E-state index contributed by atoms with van der Waals surface area (Å²) in [7, 11) is 4.91. The van der Waals surface area contributed by atoms with Gasteiger partial charge in [-0.2, -0.15) is 0 Å². The molecule has 0 fully saturated rings. The quantitative estimate of drug-likeness (QED) is 0.616. The third-order valence-electron chi connectivity index (χ3n) is 2.41. The van der Waals surface area contributed by atoms with E-state index >= 15 is 0 Å². The molecule has 1 rings (SSSR count). The molecule has 6 heteroatoms. The smallest absolute Gasteiger partial charge is 0.221 e. The van der Waals surface area contributed by atoms with Crippen molar-refractivity contribution in [3.05, 3.63) is 17.7 Å². The molecule has 1 amide bonds. The summed E-state index contributed by atoms with van der Waals surface area (Å²) in [6.07, 6.45) is 0. The molecule has 0 spiro atoms. The third-order valence-corrected chi connectivity index (χ3v) is 2.41. The number of methoxy groups -OCH3 is 1. The molecule has 0 aliphatic carbocycles. The van der Waals surface area contributed by atoms with E-state index in [2.05, 4.69) is 5.32 Å². The van der Waals surface area contributed by atoms with Gasteiger partial charge in [0.05, 0.1) is 19.3 Å². The SMILES string of the molecule is COc1ccc(NC(C)=O)c(O)c1C(=O)CN(C)C. The van der Waals surface area contributed by atoms with Gasteiger partial charge in [0.25, 0.3) is 0 Å². The highest BCUT2D eigenvalue weighted by Crippen LogP contribution is 2.35. The Morgan fingerprint density at radius 1 is 1.37 bits per heavy atom. The first-order valence-electron chi connectivity index (χ1n) is 5.72. The van der Waals surface area contributed by atoms with E-state index in [1.54, 1.807) is 19.0 Å². The predicted octanol–water partition coefficient (Wildman–Crippen LogP) is 1.10. The maximum absolute atomic E-state index is 12.1. The standard InChI is InChI=1S/C13H18N2O4/c1-8(16)14-9-5-6-11(19-4)12(13(9)18)10(17)7-15(2)3/h5-6,18H,7H2,1-4H3,(H,14,16). The number of benzene rings is 1. The lowest BCUT2D eigenvalue weighted by Gasteiger charge is -2.15. The second-order valence-electron chi connectivity index (χ2n) is 4.38. The average molecular weight is 266 g/mol. The number of rotatable bonds is 5. The number of aromatic hydroxyl groups is 1. The number of hydrogen-bond donors (Lipinski definition) is 2. The Morgan fingerprint density at radius 2 is 2.00 bits per heavy atom. The molecule has 2 N–H and O–H groups in total. The number of Topliss-reactive ketones (excluding diaryl/α,β-unsaturated/α-hetero) is 1. The van der Waals surface area contributed by atoms with E-state index in [0.29, 0.717) is 0 Å². The van der Waals surface area contributed by atoms with E-state index in [0.717, 1.165) is 0 Å². The van der Waals surface area contributed by atoms with Gasteiger partial charge >= 0.3 is 0 Å². The molecule has 0 aliphatic rings. The van der Waals surface area contributed by atoms with Crippen molar-refractivity contribution in [2.75, 3.05) is 33.1 Å². The van der Waals surface area contributed by atoms with Gasteiger partial charge in [0.15, 0.2) is 11.5 Å². The highest BCUT2D eigenvalue weighted by atomic mass is 16.5. The number of carbonyl (C=O) groups is 2.